The van der Waals surface area contributed by atoms with Crippen molar-refractivity contribution in [2.75, 3.05) is 19.7 Å². The summed E-state index contributed by atoms with van der Waals surface area (Å²) in [6.45, 7) is 6.16. The van der Waals surface area contributed by atoms with Crippen LogP contribution in [0.5, 0.6) is 11.5 Å². The molecule has 1 aliphatic carbocycles. The number of hydrogen-bond donors (Lipinski definition) is 1. The summed E-state index contributed by atoms with van der Waals surface area (Å²) < 4.78 is 25.7. The Labute approximate surface area is 263 Å². The molecule has 12 heteroatoms. The highest BCUT2D eigenvalue weighted by Crippen LogP contribution is 2.57. The second-order valence-electron chi connectivity index (χ2n) is 12.7. The van der Waals surface area contributed by atoms with Gasteiger partial charge in [0.15, 0.2) is 17.3 Å². The molecule has 3 unspecified atom stereocenters. The zero-order valence-corrected chi connectivity index (χ0v) is 25.4. The first-order chi connectivity index (χ1) is 21.9. The monoisotopic (exact) mass is 626 g/mol. The van der Waals surface area contributed by atoms with E-state index in [1.54, 1.807) is 6.20 Å². The number of fused-ring (bicyclic) bond motifs is 4. The maximum atomic E-state index is 11.6. The van der Waals surface area contributed by atoms with Crippen LogP contribution in [0.4, 0.5) is 0 Å². The lowest BCUT2D eigenvalue weighted by atomic mass is 9.59. The van der Waals surface area contributed by atoms with E-state index >= 15 is 0 Å². The standard InChI is InChI=1S/C33H31ClN6O5/c1-33(27-8-6-21(34)13-35-27)43-26-4-2-3-23(30(26)44-33)29-19-11-20(29)15-39(14-19)17-28-36-24-7-5-18(31-37-32(41)45-38-31)12-25(24)40(28)16-22-9-10-42-22/h2-8,12-13,19-20,22,29H,9-11,14-17H2,1H3,(H,37,38,41)/t19?,20?,22-,29?,33?/m0/s1. The minimum absolute atomic E-state index is 0.173. The number of pyridine rings is 1. The molecule has 11 nitrogen and oxygen atoms in total. The lowest BCUT2D eigenvalue weighted by Gasteiger charge is -2.54. The third-order valence-corrected chi connectivity index (χ3v) is 10.1. The smallest absolute Gasteiger partial charge is 0.439 e. The van der Waals surface area contributed by atoms with Gasteiger partial charge < -0.3 is 18.8 Å². The summed E-state index contributed by atoms with van der Waals surface area (Å²) in [5.41, 5.74) is 4.60. The topological polar surface area (TPSA) is 121 Å². The molecule has 0 spiro atoms. The predicted octanol–water partition coefficient (Wildman–Crippen LogP) is 5.10. The molecule has 2 bridgehead atoms. The van der Waals surface area contributed by atoms with E-state index in [9.17, 15) is 4.79 Å². The number of para-hydroxylation sites is 1. The van der Waals surface area contributed by atoms with E-state index in [0.29, 0.717) is 34.3 Å². The first-order valence-corrected chi connectivity index (χ1v) is 15.8. The van der Waals surface area contributed by atoms with Crippen LogP contribution < -0.4 is 15.2 Å². The minimum Gasteiger partial charge on any atom is -0.443 e. The van der Waals surface area contributed by atoms with Crippen LogP contribution in [-0.2, 0) is 23.6 Å². The van der Waals surface area contributed by atoms with Crippen molar-refractivity contribution in [1.29, 1.82) is 0 Å². The summed E-state index contributed by atoms with van der Waals surface area (Å²) in [5.74, 6) is 2.89. The number of benzene rings is 2. The summed E-state index contributed by atoms with van der Waals surface area (Å²) in [4.78, 5) is 26.3. The molecule has 45 heavy (non-hydrogen) atoms. The zero-order valence-electron chi connectivity index (χ0n) is 24.6. The summed E-state index contributed by atoms with van der Waals surface area (Å²) in [5, 5.41) is 4.45. The van der Waals surface area contributed by atoms with Gasteiger partial charge in [0.2, 0.25) is 0 Å². The van der Waals surface area contributed by atoms with E-state index in [4.69, 9.17) is 35.3 Å². The number of H-pyrrole nitrogens is 1. The van der Waals surface area contributed by atoms with Crippen molar-refractivity contribution in [2.45, 2.75) is 50.7 Å². The van der Waals surface area contributed by atoms with Crippen LogP contribution in [0, 0.1) is 11.8 Å². The lowest BCUT2D eigenvalue weighted by Crippen LogP contribution is -2.53. The van der Waals surface area contributed by atoms with Crippen LogP contribution in [0.2, 0.25) is 5.02 Å². The van der Waals surface area contributed by atoms with E-state index in [1.807, 2.05) is 43.3 Å². The van der Waals surface area contributed by atoms with Gasteiger partial charge in [-0.2, -0.15) is 0 Å². The Morgan fingerprint density at radius 2 is 1.98 bits per heavy atom. The molecule has 3 saturated heterocycles. The van der Waals surface area contributed by atoms with Gasteiger partial charge in [0.05, 0.1) is 35.2 Å². The average Bonchev–Trinajstić information content (AvgIpc) is 3.70. The molecule has 4 aliphatic heterocycles. The maximum Gasteiger partial charge on any atom is 0.439 e. The molecule has 10 rings (SSSR count). The second-order valence-corrected chi connectivity index (χ2v) is 13.2. The van der Waals surface area contributed by atoms with Crippen LogP contribution in [0.15, 0.2) is 64.0 Å². The Morgan fingerprint density at radius 1 is 1.11 bits per heavy atom. The fourth-order valence-electron chi connectivity index (χ4n) is 7.61. The van der Waals surface area contributed by atoms with Gasteiger partial charge >= 0.3 is 5.76 Å². The second kappa shape index (κ2) is 10.2. The van der Waals surface area contributed by atoms with Crippen molar-refractivity contribution in [3.63, 3.8) is 0 Å². The number of hydrogen-bond acceptors (Lipinski definition) is 9. The Bertz CT molecular complexity index is 1970. The number of aromatic amines is 1. The molecule has 4 atom stereocenters. The van der Waals surface area contributed by atoms with Gasteiger partial charge in [-0.1, -0.05) is 28.9 Å². The lowest BCUT2D eigenvalue weighted by molar-refractivity contribution is -0.0735. The molecule has 1 N–H and O–H groups in total. The Hall–Kier alpha value is -4.19. The quantitative estimate of drug-likeness (QED) is 0.263. The van der Waals surface area contributed by atoms with Gasteiger partial charge in [-0.3, -0.25) is 19.4 Å². The van der Waals surface area contributed by atoms with E-state index in [1.165, 1.54) is 12.0 Å². The molecule has 1 saturated carbocycles. The minimum atomic E-state index is -1.00. The van der Waals surface area contributed by atoms with Crippen LogP contribution in [0.25, 0.3) is 22.4 Å². The summed E-state index contributed by atoms with van der Waals surface area (Å²) in [6, 6.07) is 15.8. The van der Waals surface area contributed by atoms with Crippen molar-refractivity contribution in [2.24, 2.45) is 11.8 Å². The van der Waals surface area contributed by atoms with Gasteiger partial charge in [-0.15, -0.1) is 0 Å². The summed E-state index contributed by atoms with van der Waals surface area (Å²) >= 11 is 6.08. The van der Waals surface area contributed by atoms with Crippen LogP contribution in [-0.4, -0.2) is 55.4 Å². The van der Waals surface area contributed by atoms with E-state index < -0.39 is 11.5 Å². The highest BCUT2D eigenvalue weighted by Gasteiger charge is 2.50. The van der Waals surface area contributed by atoms with Crippen LogP contribution >= 0.6 is 11.6 Å². The molecule has 0 radical (unpaired) electrons. The molecule has 3 aromatic heterocycles. The molecule has 2 aromatic carbocycles. The summed E-state index contributed by atoms with van der Waals surface area (Å²) in [6.07, 6.45) is 4.03. The van der Waals surface area contributed by atoms with Crippen molar-refractivity contribution in [1.82, 2.24) is 29.6 Å². The molecule has 5 aliphatic rings. The van der Waals surface area contributed by atoms with Crippen molar-refractivity contribution in [3.05, 3.63) is 87.4 Å². The van der Waals surface area contributed by atoms with Crippen LogP contribution in [0.1, 0.15) is 42.8 Å². The fraction of sp³-hybridized carbons (Fsp3) is 0.394. The van der Waals surface area contributed by atoms with Gasteiger partial charge in [0.1, 0.15) is 11.5 Å². The van der Waals surface area contributed by atoms with Crippen LogP contribution in [0.3, 0.4) is 0 Å². The largest absolute Gasteiger partial charge is 0.443 e. The molecule has 5 aromatic rings. The molecular formula is C33H31ClN6O5. The first kappa shape index (κ1) is 27.1. The molecular weight excluding hydrogens is 596 g/mol. The van der Waals surface area contributed by atoms with Gasteiger partial charge in [0, 0.05) is 43.9 Å². The number of nitrogens with zero attached hydrogens (tertiary/aromatic N) is 5. The third-order valence-electron chi connectivity index (χ3n) is 9.85. The number of aromatic nitrogens is 5. The Morgan fingerprint density at radius 3 is 2.71 bits per heavy atom. The third kappa shape index (κ3) is 4.55. The molecule has 0 amide bonds. The SMILES string of the molecule is CC1(c2ccc(Cl)cn2)Oc2cccc(C3C4CC3CN(Cc3nc5ccc(-c6noc(=O)[nH]6)cc5n3C[C@@H]3CCO3)C4)c2O1. The van der Waals surface area contributed by atoms with Crippen molar-refractivity contribution in [3.8, 4) is 22.9 Å². The molecule has 230 valence electrons. The van der Waals surface area contributed by atoms with E-state index in [0.717, 1.165) is 73.1 Å². The zero-order chi connectivity index (χ0) is 30.3. The van der Waals surface area contributed by atoms with Gasteiger partial charge in [0.25, 0.3) is 5.79 Å². The van der Waals surface area contributed by atoms with E-state index in [2.05, 4.69) is 36.7 Å². The summed E-state index contributed by atoms with van der Waals surface area (Å²) in [7, 11) is 0. The number of halogens is 1. The molecule has 4 fully saturated rings. The highest BCUT2D eigenvalue weighted by atomic mass is 35.5. The Balaban J connectivity index is 0.960. The van der Waals surface area contributed by atoms with Crippen molar-refractivity contribution < 1.29 is 18.7 Å². The normalized spacial score (nSPS) is 27.0. The van der Waals surface area contributed by atoms with Crippen molar-refractivity contribution >= 4 is 22.6 Å². The first-order valence-electron chi connectivity index (χ1n) is 15.4. The average molecular weight is 627 g/mol. The number of imidazole rings is 1. The number of piperidine rings is 2. The predicted molar refractivity (Wildman–Crippen MR) is 164 cm³/mol. The van der Waals surface area contributed by atoms with E-state index in [-0.39, 0.29) is 6.10 Å². The number of rotatable bonds is 7. The number of ether oxygens (including phenoxy) is 3. The van der Waals surface area contributed by atoms with Gasteiger partial charge in [-0.05, 0) is 67.0 Å². The van der Waals surface area contributed by atoms with Gasteiger partial charge in [-0.25, -0.2) is 9.78 Å². The fourth-order valence-corrected chi connectivity index (χ4v) is 7.72. The maximum absolute atomic E-state index is 11.6. The molecule has 7 heterocycles. The highest BCUT2D eigenvalue weighted by molar-refractivity contribution is 6.30. The number of nitrogens with one attached hydrogen (secondary N) is 1. The Kier molecular flexibility index (Phi) is 6.13.